The van der Waals surface area contributed by atoms with Crippen LogP contribution in [0.1, 0.15) is 18.4 Å². The van der Waals surface area contributed by atoms with Crippen molar-refractivity contribution >= 4 is 5.82 Å². The third-order valence-electron chi connectivity index (χ3n) is 3.15. The Labute approximate surface area is 109 Å². The molecule has 106 valence electrons. The highest BCUT2D eigenvalue weighted by Crippen LogP contribution is 2.33. The van der Waals surface area contributed by atoms with Crippen LogP contribution in [0.4, 0.5) is 19.0 Å². The van der Waals surface area contributed by atoms with E-state index in [2.05, 4.69) is 15.6 Å². The molecule has 4 nitrogen and oxygen atoms in total. The molecule has 0 saturated carbocycles. The van der Waals surface area contributed by atoms with Crippen molar-refractivity contribution in [3.63, 3.8) is 0 Å². The first-order chi connectivity index (χ1) is 8.91. The normalized spacial score (nSPS) is 24.2. The first kappa shape index (κ1) is 14.1. The second-order valence-electron chi connectivity index (χ2n) is 4.76. The van der Waals surface area contributed by atoms with E-state index < -0.39 is 17.3 Å². The Morgan fingerprint density at radius 2 is 2.26 bits per heavy atom. The number of aliphatic hydroxyl groups is 1. The van der Waals surface area contributed by atoms with E-state index in [1.807, 2.05) is 0 Å². The van der Waals surface area contributed by atoms with Gasteiger partial charge in [-0.25, -0.2) is 4.98 Å². The number of β-amino-alcohol motifs (C(OH)–C–C–N with tert-alkyl or cyclic N) is 1. The number of anilines is 1. The topological polar surface area (TPSA) is 57.2 Å². The van der Waals surface area contributed by atoms with Crippen LogP contribution < -0.4 is 10.6 Å². The minimum absolute atomic E-state index is 0.0418. The van der Waals surface area contributed by atoms with Crippen LogP contribution in [-0.2, 0) is 6.18 Å². The SMILES string of the molecule is O[C@]1(CNc2ncccc2C(F)(F)F)CCCNC1. The smallest absolute Gasteiger partial charge is 0.387 e. The summed E-state index contributed by atoms with van der Waals surface area (Å²) < 4.78 is 38.3. The molecule has 1 aliphatic rings. The van der Waals surface area contributed by atoms with E-state index in [0.717, 1.165) is 19.0 Å². The van der Waals surface area contributed by atoms with E-state index in [-0.39, 0.29) is 12.4 Å². The molecule has 1 aliphatic heterocycles. The zero-order valence-electron chi connectivity index (χ0n) is 10.3. The molecule has 0 amide bonds. The van der Waals surface area contributed by atoms with Crippen LogP contribution in [0.5, 0.6) is 0 Å². The van der Waals surface area contributed by atoms with Crippen molar-refractivity contribution in [3.8, 4) is 0 Å². The highest BCUT2D eigenvalue weighted by molar-refractivity contribution is 5.45. The average molecular weight is 275 g/mol. The second-order valence-corrected chi connectivity index (χ2v) is 4.76. The van der Waals surface area contributed by atoms with E-state index in [4.69, 9.17) is 0 Å². The van der Waals surface area contributed by atoms with E-state index in [1.165, 1.54) is 12.3 Å². The molecule has 19 heavy (non-hydrogen) atoms. The summed E-state index contributed by atoms with van der Waals surface area (Å²) in [6, 6.07) is 2.21. The number of aromatic nitrogens is 1. The lowest BCUT2D eigenvalue weighted by Crippen LogP contribution is -2.50. The maximum Gasteiger partial charge on any atom is 0.419 e. The van der Waals surface area contributed by atoms with Gasteiger partial charge in [-0.1, -0.05) is 0 Å². The molecule has 1 aromatic heterocycles. The monoisotopic (exact) mass is 275 g/mol. The highest BCUT2D eigenvalue weighted by atomic mass is 19.4. The van der Waals surface area contributed by atoms with E-state index in [0.29, 0.717) is 13.0 Å². The van der Waals surface area contributed by atoms with Gasteiger partial charge >= 0.3 is 6.18 Å². The maximum atomic E-state index is 12.8. The summed E-state index contributed by atoms with van der Waals surface area (Å²) >= 11 is 0. The molecular weight excluding hydrogens is 259 g/mol. The quantitative estimate of drug-likeness (QED) is 0.784. The molecule has 1 atom stereocenters. The van der Waals surface area contributed by atoms with Crippen molar-refractivity contribution in [1.29, 1.82) is 0 Å². The lowest BCUT2D eigenvalue weighted by Gasteiger charge is -2.33. The lowest BCUT2D eigenvalue weighted by molar-refractivity contribution is -0.137. The molecular formula is C12H16F3N3O. The van der Waals surface area contributed by atoms with Gasteiger partial charge < -0.3 is 15.7 Å². The third kappa shape index (κ3) is 3.57. The van der Waals surface area contributed by atoms with Gasteiger partial charge in [0.15, 0.2) is 0 Å². The van der Waals surface area contributed by atoms with Crippen LogP contribution in [0.15, 0.2) is 18.3 Å². The van der Waals surface area contributed by atoms with Crippen molar-refractivity contribution in [2.45, 2.75) is 24.6 Å². The van der Waals surface area contributed by atoms with E-state index in [9.17, 15) is 18.3 Å². The zero-order chi connectivity index (χ0) is 13.9. The molecule has 0 bridgehead atoms. The Morgan fingerprint density at radius 1 is 1.47 bits per heavy atom. The summed E-state index contributed by atoms with van der Waals surface area (Å²) in [5.41, 5.74) is -1.85. The number of hydrogen-bond acceptors (Lipinski definition) is 4. The molecule has 0 unspecified atom stereocenters. The van der Waals surface area contributed by atoms with E-state index >= 15 is 0 Å². The van der Waals surface area contributed by atoms with Gasteiger partial charge in [0.05, 0.1) is 11.2 Å². The van der Waals surface area contributed by atoms with Crippen molar-refractivity contribution in [3.05, 3.63) is 23.9 Å². The number of nitrogens with zero attached hydrogens (tertiary/aromatic N) is 1. The predicted molar refractivity (Wildman–Crippen MR) is 64.8 cm³/mol. The number of nitrogens with one attached hydrogen (secondary N) is 2. The fraction of sp³-hybridized carbons (Fsp3) is 0.583. The third-order valence-corrected chi connectivity index (χ3v) is 3.15. The number of alkyl halides is 3. The molecule has 1 saturated heterocycles. The van der Waals surface area contributed by atoms with Crippen LogP contribution in [0.2, 0.25) is 0 Å². The Hall–Kier alpha value is -1.34. The van der Waals surface area contributed by atoms with Gasteiger partial charge in [-0.2, -0.15) is 13.2 Å². The first-order valence-electron chi connectivity index (χ1n) is 6.10. The summed E-state index contributed by atoms with van der Waals surface area (Å²) in [6.07, 6.45) is -1.81. The van der Waals surface area contributed by atoms with Gasteiger partial charge in [0, 0.05) is 19.3 Å². The predicted octanol–water partition coefficient (Wildman–Crippen LogP) is 1.63. The van der Waals surface area contributed by atoms with Gasteiger partial charge in [0.1, 0.15) is 5.82 Å². The number of hydrogen-bond donors (Lipinski definition) is 3. The van der Waals surface area contributed by atoms with Crippen molar-refractivity contribution in [2.24, 2.45) is 0 Å². The largest absolute Gasteiger partial charge is 0.419 e. The lowest BCUT2D eigenvalue weighted by atomic mass is 9.94. The highest BCUT2D eigenvalue weighted by Gasteiger charge is 2.35. The molecule has 0 radical (unpaired) electrons. The van der Waals surface area contributed by atoms with Gasteiger partial charge in [-0.05, 0) is 31.5 Å². The Bertz CT molecular complexity index is 430. The summed E-state index contributed by atoms with van der Waals surface area (Å²) in [5.74, 6) is -0.242. The molecule has 3 N–H and O–H groups in total. The average Bonchev–Trinajstić information content (AvgIpc) is 2.37. The number of rotatable bonds is 3. The minimum atomic E-state index is -4.45. The number of pyridine rings is 1. The van der Waals surface area contributed by atoms with E-state index in [1.54, 1.807) is 0 Å². The fourth-order valence-corrected chi connectivity index (χ4v) is 2.13. The summed E-state index contributed by atoms with van der Waals surface area (Å²) in [5, 5.41) is 15.8. The summed E-state index contributed by atoms with van der Waals surface area (Å²) in [6.45, 7) is 1.23. The number of piperidine rings is 1. The summed E-state index contributed by atoms with van der Waals surface area (Å²) in [4.78, 5) is 3.70. The van der Waals surface area contributed by atoms with Crippen LogP contribution in [0.25, 0.3) is 0 Å². The van der Waals surface area contributed by atoms with Crippen LogP contribution in [0, 0.1) is 0 Å². The van der Waals surface area contributed by atoms with Gasteiger partial charge in [-0.3, -0.25) is 0 Å². The van der Waals surface area contributed by atoms with Crippen molar-refractivity contribution in [2.75, 3.05) is 25.0 Å². The fourth-order valence-electron chi connectivity index (χ4n) is 2.13. The Kier molecular flexibility index (Phi) is 3.96. The molecule has 7 heteroatoms. The zero-order valence-corrected chi connectivity index (χ0v) is 10.3. The van der Waals surface area contributed by atoms with Gasteiger partial charge in [0.2, 0.25) is 0 Å². The maximum absolute atomic E-state index is 12.8. The van der Waals surface area contributed by atoms with Crippen LogP contribution in [-0.4, -0.2) is 35.3 Å². The van der Waals surface area contributed by atoms with Gasteiger partial charge in [0.25, 0.3) is 0 Å². The standard InChI is InChI=1S/C12H16F3N3O/c13-12(14,15)9-3-1-6-17-10(9)18-8-11(19)4-2-5-16-7-11/h1,3,6,16,19H,2,4-5,7-8H2,(H,17,18)/t11-/m1/s1. The minimum Gasteiger partial charge on any atom is -0.387 e. The molecule has 0 aromatic carbocycles. The van der Waals surface area contributed by atoms with Crippen molar-refractivity contribution < 1.29 is 18.3 Å². The molecule has 1 aromatic rings. The van der Waals surface area contributed by atoms with Crippen LogP contribution >= 0.6 is 0 Å². The molecule has 0 aliphatic carbocycles. The van der Waals surface area contributed by atoms with Crippen LogP contribution in [0.3, 0.4) is 0 Å². The first-order valence-corrected chi connectivity index (χ1v) is 6.10. The van der Waals surface area contributed by atoms with Gasteiger partial charge in [-0.15, -0.1) is 0 Å². The molecule has 0 spiro atoms. The molecule has 2 rings (SSSR count). The second kappa shape index (κ2) is 5.34. The van der Waals surface area contributed by atoms with Crippen molar-refractivity contribution in [1.82, 2.24) is 10.3 Å². The number of halogens is 3. The molecule has 2 heterocycles. The summed E-state index contributed by atoms with van der Waals surface area (Å²) in [7, 11) is 0. The Morgan fingerprint density at radius 3 is 2.89 bits per heavy atom. The molecule has 1 fully saturated rings. The Balaban J connectivity index is 2.07.